The molecule has 2 aromatic heterocycles. The molecule has 0 fully saturated rings. The molecule has 5 aromatic rings. The Hall–Kier alpha value is -4.04. The summed E-state index contributed by atoms with van der Waals surface area (Å²) in [7, 11) is 1.59. The van der Waals surface area contributed by atoms with Crippen molar-refractivity contribution in [1.82, 2.24) is 9.55 Å². The van der Waals surface area contributed by atoms with Crippen LogP contribution in [0.5, 0.6) is 5.75 Å². The number of nitrogens with one attached hydrogen (secondary N) is 1. The number of nitrogens with zero attached hydrogens (tertiary/aromatic N) is 2. The highest BCUT2D eigenvalue weighted by atomic mass is 32.2. The first-order valence-electron chi connectivity index (χ1n) is 11.1. The summed E-state index contributed by atoms with van der Waals surface area (Å²) in [4.78, 5) is 31.0. The van der Waals surface area contributed by atoms with E-state index in [1.807, 2.05) is 79.7 Å². The number of hydrogen-bond acceptors (Lipinski definition) is 6. The lowest BCUT2D eigenvalue weighted by Gasteiger charge is -2.14. The molecule has 0 radical (unpaired) electrons. The fourth-order valence-electron chi connectivity index (χ4n) is 3.87. The van der Waals surface area contributed by atoms with Crippen molar-refractivity contribution < 1.29 is 13.9 Å². The molecule has 0 atom stereocenters. The maximum Gasteiger partial charge on any atom is 0.298 e. The Morgan fingerprint density at radius 3 is 2.60 bits per heavy atom. The van der Waals surface area contributed by atoms with Gasteiger partial charge in [-0.05, 0) is 37.3 Å². The lowest BCUT2D eigenvalue weighted by Crippen LogP contribution is -2.24. The van der Waals surface area contributed by atoms with E-state index in [2.05, 4.69) is 5.32 Å². The molecular formula is C27H23N3O4S. The number of aryl methyl sites for hydroxylation is 1. The number of carbonyl (C=O) groups excluding carboxylic acids is 1. The largest absolute Gasteiger partial charge is 0.496 e. The van der Waals surface area contributed by atoms with E-state index < -0.39 is 0 Å². The van der Waals surface area contributed by atoms with Crippen LogP contribution >= 0.6 is 11.8 Å². The second kappa shape index (κ2) is 9.68. The van der Waals surface area contributed by atoms with Crippen LogP contribution < -0.4 is 15.6 Å². The van der Waals surface area contributed by atoms with Crippen LogP contribution in [0.1, 0.15) is 11.1 Å². The molecule has 0 bridgehead atoms. The Kier molecular flexibility index (Phi) is 6.29. The molecule has 0 aliphatic carbocycles. The standard InChI is InChI=1S/C27H23N3O4S/c1-17-11-13-19(14-12-17)28-23(31)16-35-27-29-24-20-8-4-6-10-22(20)34-25(24)26(32)30(27)15-18-7-3-5-9-21(18)33-2/h3-14H,15-16H2,1-2H3,(H,28,31). The Morgan fingerprint density at radius 2 is 1.80 bits per heavy atom. The van der Waals surface area contributed by atoms with Gasteiger partial charge in [0.15, 0.2) is 5.16 Å². The molecule has 2 heterocycles. The second-order valence-corrected chi connectivity index (χ2v) is 9.02. The predicted octanol–water partition coefficient (Wildman–Crippen LogP) is 5.24. The third-order valence-electron chi connectivity index (χ3n) is 5.64. The number of para-hydroxylation sites is 2. The van der Waals surface area contributed by atoms with Gasteiger partial charge in [0.2, 0.25) is 11.5 Å². The average Bonchev–Trinajstić information content (AvgIpc) is 3.25. The molecule has 35 heavy (non-hydrogen) atoms. The van der Waals surface area contributed by atoms with Gasteiger partial charge in [0.05, 0.1) is 19.4 Å². The van der Waals surface area contributed by atoms with Crippen molar-refractivity contribution in [2.75, 3.05) is 18.2 Å². The van der Waals surface area contributed by atoms with Crippen LogP contribution in [0.3, 0.4) is 0 Å². The number of furan rings is 1. The van der Waals surface area contributed by atoms with Crippen molar-refractivity contribution in [2.24, 2.45) is 0 Å². The number of benzene rings is 3. The normalized spacial score (nSPS) is 11.1. The SMILES string of the molecule is COc1ccccc1Cn1c(SCC(=O)Nc2ccc(C)cc2)nc2c(oc3ccccc32)c1=O. The number of ether oxygens (including phenoxy) is 1. The number of methoxy groups -OCH3 is 1. The summed E-state index contributed by atoms with van der Waals surface area (Å²) in [6, 6.07) is 22.5. The zero-order valence-corrected chi connectivity index (χ0v) is 20.1. The molecule has 0 saturated heterocycles. The molecule has 0 spiro atoms. The van der Waals surface area contributed by atoms with Crippen LogP contribution in [0.25, 0.3) is 22.1 Å². The van der Waals surface area contributed by atoms with Gasteiger partial charge >= 0.3 is 0 Å². The number of anilines is 1. The summed E-state index contributed by atoms with van der Waals surface area (Å²) in [5.41, 5.74) is 3.62. The van der Waals surface area contributed by atoms with Crippen molar-refractivity contribution in [2.45, 2.75) is 18.6 Å². The van der Waals surface area contributed by atoms with E-state index in [9.17, 15) is 9.59 Å². The summed E-state index contributed by atoms with van der Waals surface area (Å²) in [5, 5.41) is 4.08. The van der Waals surface area contributed by atoms with Crippen molar-refractivity contribution in [3.8, 4) is 5.75 Å². The third kappa shape index (κ3) is 4.65. The summed E-state index contributed by atoms with van der Waals surface area (Å²) in [6.07, 6.45) is 0. The Balaban J connectivity index is 1.52. The fraction of sp³-hybridized carbons (Fsp3) is 0.148. The minimum atomic E-state index is -0.307. The third-order valence-corrected chi connectivity index (χ3v) is 6.61. The van der Waals surface area contributed by atoms with Crippen LogP contribution in [-0.4, -0.2) is 28.3 Å². The van der Waals surface area contributed by atoms with Crippen LogP contribution in [0.2, 0.25) is 0 Å². The Morgan fingerprint density at radius 1 is 1.06 bits per heavy atom. The van der Waals surface area contributed by atoms with E-state index in [0.29, 0.717) is 22.0 Å². The lowest BCUT2D eigenvalue weighted by molar-refractivity contribution is -0.113. The van der Waals surface area contributed by atoms with Crippen LogP contribution in [0.15, 0.2) is 87.2 Å². The molecule has 7 nitrogen and oxygen atoms in total. The number of amides is 1. The first-order chi connectivity index (χ1) is 17.0. The first kappa shape index (κ1) is 22.7. The highest BCUT2D eigenvalue weighted by molar-refractivity contribution is 7.99. The van der Waals surface area contributed by atoms with Crippen LogP contribution in [-0.2, 0) is 11.3 Å². The van der Waals surface area contributed by atoms with Gasteiger partial charge in [-0.3, -0.25) is 14.2 Å². The van der Waals surface area contributed by atoms with E-state index in [1.54, 1.807) is 7.11 Å². The van der Waals surface area contributed by atoms with Gasteiger partial charge < -0.3 is 14.5 Å². The molecule has 0 unspecified atom stereocenters. The lowest BCUT2D eigenvalue weighted by atomic mass is 10.2. The number of rotatable bonds is 7. The summed E-state index contributed by atoms with van der Waals surface area (Å²) < 4.78 is 12.9. The van der Waals surface area contributed by atoms with Gasteiger partial charge in [0.25, 0.3) is 5.56 Å². The number of hydrogen-bond donors (Lipinski definition) is 1. The van der Waals surface area contributed by atoms with Crippen molar-refractivity contribution in [3.05, 3.63) is 94.3 Å². The smallest absolute Gasteiger partial charge is 0.298 e. The van der Waals surface area contributed by atoms with Crippen LogP contribution in [0.4, 0.5) is 5.69 Å². The molecule has 1 N–H and O–H groups in total. The van der Waals surface area contributed by atoms with Gasteiger partial charge in [0, 0.05) is 16.6 Å². The average molecular weight is 486 g/mol. The van der Waals surface area contributed by atoms with Gasteiger partial charge in [-0.15, -0.1) is 0 Å². The monoisotopic (exact) mass is 485 g/mol. The van der Waals surface area contributed by atoms with E-state index in [-0.39, 0.29) is 29.3 Å². The molecule has 0 saturated carbocycles. The first-order valence-corrected chi connectivity index (χ1v) is 12.1. The summed E-state index contributed by atoms with van der Waals surface area (Å²) >= 11 is 1.21. The molecule has 8 heteroatoms. The minimum Gasteiger partial charge on any atom is -0.496 e. The second-order valence-electron chi connectivity index (χ2n) is 8.08. The highest BCUT2D eigenvalue weighted by Crippen LogP contribution is 2.28. The maximum absolute atomic E-state index is 13.6. The molecule has 0 aliphatic heterocycles. The Bertz CT molecular complexity index is 1590. The molecule has 3 aromatic carbocycles. The topological polar surface area (TPSA) is 86.4 Å². The van der Waals surface area contributed by atoms with Gasteiger partial charge in [-0.25, -0.2) is 4.98 Å². The van der Waals surface area contributed by atoms with Crippen molar-refractivity contribution in [3.63, 3.8) is 0 Å². The maximum atomic E-state index is 13.6. The number of aromatic nitrogens is 2. The molecule has 0 aliphatic rings. The zero-order valence-electron chi connectivity index (χ0n) is 19.3. The van der Waals surface area contributed by atoms with E-state index >= 15 is 0 Å². The van der Waals surface area contributed by atoms with Gasteiger partial charge in [-0.2, -0.15) is 0 Å². The molecular weight excluding hydrogens is 462 g/mol. The molecule has 176 valence electrons. The van der Waals surface area contributed by atoms with E-state index in [1.165, 1.54) is 16.3 Å². The Labute approximate surface area is 205 Å². The molecule has 5 rings (SSSR count). The van der Waals surface area contributed by atoms with Crippen molar-refractivity contribution in [1.29, 1.82) is 0 Å². The quantitative estimate of drug-likeness (QED) is 0.251. The summed E-state index contributed by atoms with van der Waals surface area (Å²) in [6.45, 7) is 2.22. The summed E-state index contributed by atoms with van der Waals surface area (Å²) in [5.74, 6) is 0.569. The number of thioether (sulfide) groups is 1. The fourth-order valence-corrected chi connectivity index (χ4v) is 4.66. The highest BCUT2D eigenvalue weighted by Gasteiger charge is 2.19. The van der Waals surface area contributed by atoms with Crippen LogP contribution in [0, 0.1) is 6.92 Å². The molecule has 1 amide bonds. The minimum absolute atomic E-state index is 0.0908. The van der Waals surface area contributed by atoms with Gasteiger partial charge in [0.1, 0.15) is 16.8 Å². The predicted molar refractivity (Wildman–Crippen MR) is 138 cm³/mol. The van der Waals surface area contributed by atoms with Gasteiger partial charge in [-0.1, -0.05) is 59.8 Å². The van der Waals surface area contributed by atoms with E-state index in [4.69, 9.17) is 14.1 Å². The number of carbonyl (C=O) groups is 1. The van der Waals surface area contributed by atoms with E-state index in [0.717, 1.165) is 22.2 Å². The number of fused-ring (bicyclic) bond motifs is 3. The zero-order chi connectivity index (χ0) is 24.4. The van der Waals surface area contributed by atoms with Crippen molar-refractivity contribution >= 4 is 45.4 Å².